The van der Waals surface area contributed by atoms with Gasteiger partial charge in [0, 0.05) is 11.8 Å². The third-order valence-corrected chi connectivity index (χ3v) is 7.45. The molecule has 0 aliphatic carbocycles. The molecule has 1 saturated heterocycles. The van der Waals surface area contributed by atoms with Crippen molar-refractivity contribution in [1.29, 1.82) is 0 Å². The van der Waals surface area contributed by atoms with E-state index in [2.05, 4.69) is 15.2 Å². The lowest BCUT2D eigenvalue weighted by atomic mass is 9.75. The average Bonchev–Trinajstić information content (AvgIpc) is 3.41. The molecule has 1 aromatic carbocycles. The summed E-state index contributed by atoms with van der Waals surface area (Å²) in [5, 5.41) is 6.86. The number of nitrogens with zero attached hydrogens (tertiary/aromatic N) is 5. The van der Waals surface area contributed by atoms with Gasteiger partial charge in [-0.3, -0.25) is 24.4 Å². The van der Waals surface area contributed by atoms with E-state index in [9.17, 15) is 31.5 Å². The molecule has 0 N–H and O–H groups in total. The van der Waals surface area contributed by atoms with Crippen molar-refractivity contribution in [3.8, 4) is 11.5 Å². The number of piperidine rings is 1. The highest BCUT2D eigenvalue weighted by Crippen LogP contribution is 2.38. The van der Waals surface area contributed by atoms with E-state index in [1.807, 2.05) is 6.07 Å². The van der Waals surface area contributed by atoms with E-state index in [4.69, 9.17) is 4.42 Å². The van der Waals surface area contributed by atoms with Gasteiger partial charge in [0.25, 0.3) is 11.8 Å². The van der Waals surface area contributed by atoms with E-state index < -0.39 is 42.3 Å². The topological polar surface area (TPSA) is 92.4 Å². The molecule has 4 heterocycles. The number of hydrogen-bond donors (Lipinski definition) is 0. The third kappa shape index (κ3) is 5.47. The number of imide groups is 1. The van der Waals surface area contributed by atoms with Crippen LogP contribution >= 0.6 is 0 Å². The summed E-state index contributed by atoms with van der Waals surface area (Å²) in [6.07, 6.45) is -4.75. The predicted octanol–water partition coefficient (Wildman–Crippen LogP) is 5.27. The first kappa shape index (κ1) is 27.8. The Kier molecular flexibility index (Phi) is 7.19. The maximum absolute atomic E-state index is 13.6. The van der Waals surface area contributed by atoms with Crippen molar-refractivity contribution < 1.29 is 36.0 Å². The van der Waals surface area contributed by atoms with Crippen LogP contribution in [0, 0.1) is 0 Å². The molecule has 0 radical (unpaired) electrons. The van der Waals surface area contributed by atoms with E-state index in [1.165, 1.54) is 23.2 Å². The van der Waals surface area contributed by atoms with Crippen molar-refractivity contribution in [2.45, 2.75) is 57.2 Å². The summed E-state index contributed by atoms with van der Waals surface area (Å²) in [6.45, 7) is 3.02. The first-order chi connectivity index (χ1) is 18.8. The van der Waals surface area contributed by atoms with E-state index in [-0.39, 0.29) is 18.4 Å². The Morgan fingerprint density at radius 3 is 2.40 bits per heavy atom. The minimum atomic E-state index is -4.24. The number of carbonyl (C=O) groups is 2. The average molecular weight is 564 g/mol. The Morgan fingerprint density at radius 2 is 1.80 bits per heavy atom. The summed E-state index contributed by atoms with van der Waals surface area (Å²) in [4.78, 5) is 33.7. The number of alkyl halides is 5. The zero-order chi connectivity index (χ0) is 28.8. The Bertz CT molecular complexity index is 1410. The standard InChI is InChI=1S/C27H26F5N5O3/c1-26(2)20-6-4-16(15-7-9-36(10-8-15)14-27(30,31)32)11-19(20)24(38)37(25(26)39)13-18-5-3-17(12-33-18)22-34-35-23(40-22)21(28)29/h3-6,11-12,15,21H,7-10,13-14H2,1-2H3. The first-order valence-electron chi connectivity index (χ1n) is 12.7. The van der Waals surface area contributed by atoms with Crippen molar-refractivity contribution in [2.24, 2.45) is 0 Å². The van der Waals surface area contributed by atoms with E-state index in [0.717, 1.165) is 10.5 Å². The smallest absolute Gasteiger partial charge is 0.401 e. The Morgan fingerprint density at radius 1 is 1.07 bits per heavy atom. The molecule has 0 saturated carbocycles. The lowest BCUT2D eigenvalue weighted by Crippen LogP contribution is -2.51. The number of rotatable bonds is 6. The zero-order valence-electron chi connectivity index (χ0n) is 21.7. The monoisotopic (exact) mass is 563 g/mol. The fourth-order valence-corrected chi connectivity index (χ4v) is 5.30. The zero-order valence-corrected chi connectivity index (χ0v) is 21.7. The molecule has 2 aromatic heterocycles. The normalized spacial score (nSPS) is 18.4. The van der Waals surface area contributed by atoms with Crippen LogP contribution in [0.3, 0.4) is 0 Å². The van der Waals surface area contributed by atoms with Crippen LogP contribution in [0.25, 0.3) is 11.5 Å². The molecular weight excluding hydrogens is 537 g/mol. The molecular formula is C27H26F5N5O3. The van der Waals surface area contributed by atoms with Crippen molar-refractivity contribution in [3.63, 3.8) is 0 Å². The molecule has 13 heteroatoms. The number of amides is 2. The van der Waals surface area contributed by atoms with Gasteiger partial charge >= 0.3 is 12.6 Å². The molecule has 5 rings (SSSR count). The number of fused-ring (bicyclic) bond motifs is 1. The summed E-state index contributed by atoms with van der Waals surface area (Å²) in [7, 11) is 0. The number of likely N-dealkylation sites (tertiary alicyclic amines) is 1. The number of halogens is 5. The van der Waals surface area contributed by atoms with Gasteiger partial charge in [0.05, 0.1) is 29.8 Å². The third-order valence-electron chi connectivity index (χ3n) is 7.45. The van der Waals surface area contributed by atoms with Gasteiger partial charge < -0.3 is 4.42 Å². The molecule has 0 bridgehead atoms. The quantitative estimate of drug-likeness (QED) is 0.298. The van der Waals surface area contributed by atoms with Crippen molar-refractivity contribution in [1.82, 2.24) is 25.0 Å². The van der Waals surface area contributed by atoms with Gasteiger partial charge in [-0.05, 0) is 75.0 Å². The van der Waals surface area contributed by atoms with Crippen LogP contribution < -0.4 is 0 Å². The number of carbonyl (C=O) groups excluding carboxylic acids is 2. The molecule has 0 atom stereocenters. The van der Waals surface area contributed by atoms with Crippen LogP contribution in [0.15, 0.2) is 40.9 Å². The predicted molar refractivity (Wildman–Crippen MR) is 131 cm³/mol. The summed E-state index contributed by atoms with van der Waals surface area (Å²) in [6, 6.07) is 8.45. The second-order valence-corrected chi connectivity index (χ2v) is 10.6. The molecule has 0 spiro atoms. The van der Waals surface area contributed by atoms with Crippen LogP contribution in [0.1, 0.15) is 72.1 Å². The second kappa shape index (κ2) is 10.3. The van der Waals surface area contributed by atoms with Crippen LogP contribution in [0.2, 0.25) is 0 Å². The molecule has 1 fully saturated rings. The molecule has 40 heavy (non-hydrogen) atoms. The van der Waals surface area contributed by atoms with Crippen molar-refractivity contribution >= 4 is 11.8 Å². The molecule has 0 unspecified atom stereocenters. The van der Waals surface area contributed by atoms with Gasteiger partial charge in [0.1, 0.15) is 0 Å². The fraction of sp³-hybridized carbons (Fsp3) is 0.444. The van der Waals surface area contributed by atoms with Gasteiger partial charge in [-0.2, -0.15) is 22.0 Å². The second-order valence-electron chi connectivity index (χ2n) is 10.6. The largest absolute Gasteiger partial charge is 0.415 e. The lowest BCUT2D eigenvalue weighted by molar-refractivity contribution is -0.148. The summed E-state index contributed by atoms with van der Waals surface area (Å²) < 4.78 is 68.7. The molecule has 2 amide bonds. The van der Waals surface area contributed by atoms with Gasteiger partial charge in [-0.25, -0.2) is 0 Å². The number of hydrogen-bond acceptors (Lipinski definition) is 7. The van der Waals surface area contributed by atoms with Gasteiger partial charge in [-0.1, -0.05) is 12.1 Å². The highest BCUT2D eigenvalue weighted by Gasteiger charge is 2.45. The molecule has 8 nitrogen and oxygen atoms in total. The van der Waals surface area contributed by atoms with Crippen LogP contribution in [-0.4, -0.2) is 62.6 Å². The van der Waals surface area contributed by atoms with Gasteiger partial charge in [0.15, 0.2) is 0 Å². The highest BCUT2D eigenvalue weighted by atomic mass is 19.4. The van der Waals surface area contributed by atoms with E-state index in [1.54, 1.807) is 26.0 Å². The Balaban J connectivity index is 1.34. The minimum absolute atomic E-state index is 0.00118. The highest BCUT2D eigenvalue weighted by molar-refractivity contribution is 6.12. The number of benzene rings is 1. The van der Waals surface area contributed by atoms with Crippen LogP contribution in [-0.2, 0) is 16.8 Å². The molecule has 2 aliphatic heterocycles. The number of aromatic nitrogens is 3. The minimum Gasteiger partial charge on any atom is -0.415 e. The maximum Gasteiger partial charge on any atom is 0.401 e. The lowest BCUT2D eigenvalue weighted by Gasteiger charge is -2.38. The Labute approximate surface area is 226 Å². The van der Waals surface area contributed by atoms with Crippen LogP contribution in [0.5, 0.6) is 0 Å². The van der Waals surface area contributed by atoms with Crippen molar-refractivity contribution in [2.75, 3.05) is 19.6 Å². The maximum atomic E-state index is 13.6. The fourth-order valence-electron chi connectivity index (χ4n) is 5.30. The molecule has 212 valence electrons. The Hall–Kier alpha value is -3.74. The van der Waals surface area contributed by atoms with E-state index in [0.29, 0.717) is 48.3 Å². The summed E-state index contributed by atoms with van der Waals surface area (Å²) >= 11 is 0. The van der Waals surface area contributed by atoms with Crippen LogP contribution in [0.4, 0.5) is 22.0 Å². The van der Waals surface area contributed by atoms with Crippen molar-refractivity contribution in [3.05, 3.63) is 64.8 Å². The van der Waals surface area contributed by atoms with Gasteiger partial charge in [0.2, 0.25) is 11.8 Å². The summed E-state index contributed by atoms with van der Waals surface area (Å²) in [5.74, 6) is -1.83. The SMILES string of the molecule is CC1(C)C(=O)N(Cc2ccc(-c3nnc(C(F)F)o3)cn2)C(=O)c2cc(C3CCN(CC(F)(F)F)CC3)ccc21. The van der Waals surface area contributed by atoms with Gasteiger partial charge in [-0.15, -0.1) is 10.2 Å². The number of pyridine rings is 1. The first-order valence-corrected chi connectivity index (χ1v) is 12.7. The molecule has 2 aliphatic rings. The van der Waals surface area contributed by atoms with E-state index >= 15 is 0 Å². The molecule has 3 aromatic rings. The summed E-state index contributed by atoms with van der Waals surface area (Å²) in [5.41, 5.74) is 1.50.